The maximum atomic E-state index is 12.3. The first-order chi connectivity index (χ1) is 14.0. The van der Waals surface area contributed by atoms with Gasteiger partial charge in [0.2, 0.25) is 0 Å². The van der Waals surface area contributed by atoms with Crippen LogP contribution in [-0.2, 0) is 16.0 Å². The lowest BCUT2D eigenvalue weighted by atomic mass is 9.99. The van der Waals surface area contributed by atoms with Gasteiger partial charge in [0.05, 0.1) is 12.5 Å². The molecule has 0 aliphatic carbocycles. The van der Waals surface area contributed by atoms with Crippen LogP contribution in [0.2, 0.25) is 0 Å². The number of carbonyl (C=O) groups is 1. The summed E-state index contributed by atoms with van der Waals surface area (Å²) in [4.78, 5) is 21.3. The fraction of sp³-hybridized carbons (Fsp3) is 0.560. The van der Waals surface area contributed by atoms with Crippen molar-refractivity contribution in [2.75, 3.05) is 6.61 Å². The molecule has 0 N–H and O–H groups in total. The summed E-state index contributed by atoms with van der Waals surface area (Å²) in [5.41, 5.74) is 3.11. The molecule has 29 heavy (non-hydrogen) atoms. The Kier molecular flexibility index (Phi) is 9.82. The van der Waals surface area contributed by atoms with Crippen molar-refractivity contribution in [2.45, 2.75) is 78.6 Å². The van der Waals surface area contributed by atoms with Crippen LogP contribution in [0.3, 0.4) is 0 Å². The number of hydrogen-bond donors (Lipinski definition) is 0. The molecular formula is C25H36N2O2. The van der Waals surface area contributed by atoms with Crippen molar-refractivity contribution in [1.29, 1.82) is 0 Å². The molecule has 2 atom stereocenters. The summed E-state index contributed by atoms with van der Waals surface area (Å²) in [6, 6.07) is 7.89. The fourth-order valence-corrected chi connectivity index (χ4v) is 3.09. The first-order valence-corrected chi connectivity index (χ1v) is 11.1. The predicted molar refractivity (Wildman–Crippen MR) is 119 cm³/mol. The molecule has 0 fully saturated rings. The lowest BCUT2D eigenvalue weighted by Crippen LogP contribution is -2.16. The smallest absolute Gasteiger partial charge is 0.313 e. The van der Waals surface area contributed by atoms with Gasteiger partial charge in [-0.25, -0.2) is 9.97 Å². The van der Waals surface area contributed by atoms with E-state index in [1.807, 2.05) is 43.6 Å². The van der Waals surface area contributed by atoms with Crippen LogP contribution >= 0.6 is 0 Å². The van der Waals surface area contributed by atoms with E-state index in [0.717, 1.165) is 29.8 Å². The zero-order valence-electron chi connectivity index (χ0n) is 18.5. The number of aromatic nitrogens is 2. The summed E-state index contributed by atoms with van der Waals surface area (Å²) >= 11 is 0. The van der Waals surface area contributed by atoms with Crippen molar-refractivity contribution < 1.29 is 9.53 Å². The second-order valence-electron chi connectivity index (χ2n) is 8.07. The second-order valence-corrected chi connectivity index (χ2v) is 8.07. The number of unbranched alkanes of at least 4 members (excludes halogenated alkanes) is 4. The maximum Gasteiger partial charge on any atom is 0.313 e. The van der Waals surface area contributed by atoms with Gasteiger partial charge in [-0.3, -0.25) is 4.79 Å². The SMILES string of the molecule is CCCCCCCc1cnc(-c2ccc(C(C)C(=O)OCC(C)CC)cc2)nc1. The molecule has 0 aliphatic rings. The molecule has 1 aromatic heterocycles. The van der Waals surface area contributed by atoms with Gasteiger partial charge in [0.25, 0.3) is 0 Å². The molecule has 2 rings (SSSR count). The summed E-state index contributed by atoms with van der Waals surface area (Å²) in [5, 5.41) is 0. The van der Waals surface area contributed by atoms with E-state index in [2.05, 4.69) is 30.7 Å². The number of aryl methyl sites for hydroxylation is 1. The summed E-state index contributed by atoms with van der Waals surface area (Å²) in [6.07, 6.45) is 12.3. The average Bonchev–Trinajstić information content (AvgIpc) is 2.77. The van der Waals surface area contributed by atoms with Gasteiger partial charge in [0.15, 0.2) is 5.82 Å². The third kappa shape index (κ3) is 7.60. The Hall–Kier alpha value is -2.23. The molecule has 2 aromatic rings. The lowest BCUT2D eigenvalue weighted by molar-refractivity contribution is -0.146. The van der Waals surface area contributed by atoms with Crippen LogP contribution in [0.1, 0.15) is 83.3 Å². The van der Waals surface area contributed by atoms with Crippen molar-refractivity contribution in [2.24, 2.45) is 5.92 Å². The van der Waals surface area contributed by atoms with Gasteiger partial charge in [0, 0.05) is 18.0 Å². The molecule has 158 valence electrons. The fourth-order valence-electron chi connectivity index (χ4n) is 3.09. The molecule has 2 unspecified atom stereocenters. The van der Waals surface area contributed by atoms with E-state index in [0.29, 0.717) is 12.5 Å². The second kappa shape index (κ2) is 12.4. The van der Waals surface area contributed by atoms with Crippen molar-refractivity contribution in [3.63, 3.8) is 0 Å². The highest BCUT2D eigenvalue weighted by atomic mass is 16.5. The molecule has 0 saturated carbocycles. The number of hydrogen-bond acceptors (Lipinski definition) is 4. The largest absolute Gasteiger partial charge is 0.465 e. The highest BCUT2D eigenvalue weighted by Gasteiger charge is 2.17. The van der Waals surface area contributed by atoms with E-state index in [-0.39, 0.29) is 11.9 Å². The summed E-state index contributed by atoms with van der Waals surface area (Å²) in [7, 11) is 0. The van der Waals surface area contributed by atoms with Crippen LogP contribution in [0.4, 0.5) is 0 Å². The van der Waals surface area contributed by atoms with E-state index < -0.39 is 0 Å². The molecule has 4 nitrogen and oxygen atoms in total. The molecule has 1 heterocycles. The van der Waals surface area contributed by atoms with Gasteiger partial charge in [-0.15, -0.1) is 0 Å². The number of nitrogens with zero attached hydrogens (tertiary/aromatic N) is 2. The molecule has 0 amide bonds. The van der Waals surface area contributed by atoms with Crippen molar-refractivity contribution in [3.05, 3.63) is 47.8 Å². The Labute approximate surface area is 176 Å². The highest BCUT2D eigenvalue weighted by Crippen LogP contribution is 2.22. The molecule has 0 bridgehead atoms. The van der Waals surface area contributed by atoms with Crippen LogP contribution in [0, 0.1) is 5.92 Å². The number of rotatable bonds is 12. The van der Waals surface area contributed by atoms with Gasteiger partial charge in [0.1, 0.15) is 0 Å². The summed E-state index contributed by atoms with van der Waals surface area (Å²) in [6.45, 7) is 8.79. The van der Waals surface area contributed by atoms with Gasteiger partial charge in [-0.1, -0.05) is 77.1 Å². The number of benzene rings is 1. The van der Waals surface area contributed by atoms with E-state index in [1.165, 1.54) is 37.7 Å². The topological polar surface area (TPSA) is 52.1 Å². The van der Waals surface area contributed by atoms with Crippen LogP contribution in [-0.4, -0.2) is 22.5 Å². The Bertz CT molecular complexity index is 725. The highest BCUT2D eigenvalue weighted by molar-refractivity contribution is 5.78. The van der Waals surface area contributed by atoms with Crippen molar-refractivity contribution in [3.8, 4) is 11.4 Å². The molecule has 0 aliphatic heterocycles. The molecule has 4 heteroatoms. The van der Waals surface area contributed by atoms with Crippen molar-refractivity contribution in [1.82, 2.24) is 9.97 Å². The Balaban J connectivity index is 1.89. The summed E-state index contributed by atoms with van der Waals surface area (Å²) in [5.74, 6) is 0.671. The van der Waals surface area contributed by atoms with Crippen LogP contribution in [0.25, 0.3) is 11.4 Å². The molecule has 0 saturated heterocycles. The predicted octanol–water partition coefficient (Wildman–Crippen LogP) is 6.35. The average molecular weight is 397 g/mol. The first kappa shape index (κ1) is 23.1. The normalized spacial score (nSPS) is 13.1. The standard InChI is InChI=1S/C25H36N2O2/c1-5-7-8-9-10-11-21-16-26-24(27-17-21)23-14-12-22(13-15-23)20(4)25(28)29-18-19(3)6-2/h12-17,19-20H,5-11,18H2,1-4H3. The Morgan fingerprint density at radius 1 is 0.966 bits per heavy atom. The molecule has 0 radical (unpaired) electrons. The molecule has 0 spiro atoms. The van der Waals surface area contributed by atoms with E-state index in [9.17, 15) is 4.79 Å². The van der Waals surface area contributed by atoms with Gasteiger partial charge in [-0.05, 0) is 36.8 Å². The third-order valence-corrected chi connectivity index (χ3v) is 5.50. The molecular weight excluding hydrogens is 360 g/mol. The summed E-state index contributed by atoms with van der Waals surface area (Å²) < 4.78 is 5.43. The number of esters is 1. The van der Waals surface area contributed by atoms with Gasteiger partial charge in [-0.2, -0.15) is 0 Å². The number of carbonyl (C=O) groups excluding carboxylic acids is 1. The minimum atomic E-state index is -0.274. The zero-order valence-corrected chi connectivity index (χ0v) is 18.5. The first-order valence-electron chi connectivity index (χ1n) is 11.1. The Morgan fingerprint density at radius 3 is 2.24 bits per heavy atom. The van der Waals surface area contributed by atoms with E-state index in [1.54, 1.807) is 0 Å². The van der Waals surface area contributed by atoms with Crippen LogP contribution in [0.15, 0.2) is 36.7 Å². The van der Waals surface area contributed by atoms with E-state index in [4.69, 9.17) is 4.74 Å². The van der Waals surface area contributed by atoms with Crippen LogP contribution < -0.4 is 0 Å². The minimum absolute atomic E-state index is 0.169. The van der Waals surface area contributed by atoms with Gasteiger partial charge >= 0.3 is 5.97 Å². The monoisotopic (exact) mass is 396 g/mol. The maximum absolute atomic E-state index is 12.3. The van der Waals surface area contributed by atoms with Crippen LogP contribution in [0.5, 0.6) is 0 Å². The van der Waals surface area contributed by atoms with Gasteiger partial charge < -0.3 is 4.74 Å². The molecule has 1 aromatic carbocycles. The van der Waals surface area contributed by atoms with Crippen molar-refractivity contribution >= 4 is 5.97 Å². The third-order valence-electron chi connectivity index (χ3n) is 5.50. The number of ether oxygens (including phenoxy) is 1. The Morgan fingerprint density at radius 2 is 1.62 bits per heavy atom. The minimum Gasteiger partial charge on any atom is -0.465 e. The lowest BCUT2D eigenvalue weighted by Gasteiger charge is -2.14. The zero-order chi connectivity index (χ0) is 21.1. The quantitative estimate of drug-likeness (QED) is 0.310. The van der Waals surface area contributed by atoms with E-state index >= 15 is 0 Å².